The molecular weight excluding hydrogens is 335 g/mol. The lowest BCUT2D eigenvalue weighted by atomic mass is 10.1. The quantitative estimate of drug-likeness (QED) is 0.566. The number of aromatic nitrogens is 2. The predicted molar refractivity (Wildman–Crippen MR) is 101 cm³/mol. The van der Waals surface area contributed by atoms with Crippen molar-refractivity contribution in [1.82, 2.24) is 10.2 Å². The lowest BCUT2D eigenvalue weighted by molar-refractivity contribution is 0.262. The van der Waals surface area contributed by atoms with Crippen LogP contribution < -0.4 is 15.4 Å². The number of carbonyl (C=O) groups is 1. The summed E-state index contributed by atoms with van der Waals surface area (Å²) in [6.07, 6.45) is 0.340. The molecule has 3 aromatic rings. The second kappa shape index (κ2) is 7.86. The van der Waals surface area contributed by atoms with Crippen LogP contribution in [0.4, 0.5) is 20.7 Å². The van der Waals surface area contributed by atoms with Crippen molar-refractivity contribution in [3.05, 3.63) is 47.5 Å². The molecule has 0 spiro atoms. The Morgan fingerprint density at radius 3 is 2.81 bits per heavy atom. The van der Waals surface area contributed by atoms with Gasteiger partial charge in [0.05, 0.1) is 18.8 Å². The van der Waals surface area contributed by atoms with Crippen molar-refractivity contribution in [2.75, 3.05) is 23.9 Å². The Kier molecular flexibility index (Phi) is 5.36. The third-order valence-corrected chi connectivity index (χ3v) is 3.94. The van der Waals surface area contributed by atoms with Gasteiger partial charge >= 0.3 is 6.03 Å². The largest absolute Gasteiger partial charge is 0.493 e. The van der Waals surface area contributed by atoms with E-state index in [1.54, 1.807) is 18.2 Å². The highest BCUT2D eigenvalue weighted by Crippen LogP contribution is 2.26. The van der Waals surface area contributed by atoms with E-state index in [-0.39, 0.29) is 6.03 Å². The Bertz CT molecular complexity index is 923. The molecule has 0 aliphatic carbocycles. The van der Waals surface area contributed by atoms with Crippen LogP contribution in [0.3, 0.4) is 0 Å². The normalized spacial score (nSPS) is 10.7. The maximum absolute atomic E-state index is 12.3. The van der Waals surface area contributed by atoms with Crippen molar-refractivity contribution in [3.8, 4) is 5.75 Å². The summed E-state index contributed by atoms with van der Waals surface area (Å²) in [6, 6.07) is 10.8. The molecule has 136 valence electrons. The number of nitrogens with zero attached hydrogens (tertiary/aromatic N) is 1. The summed E-state index contributed by atoms with van der Waals surface area (Å²) in [5.41, 5.74) is 3.62. The van der Waals surface area contributed by atoms with Crippen LogP contribution in [-0.2, 0) is 0 Å². The number of amides is 2. The average Bonchev–Trinajstić information content (AvgIpc) is 3.00. The fourth-order valence-electron chi connectivity index (χ4n) is 2.64. The van der Waals surface area contributed by atoms with Crippen molar-refractivity contribution < 1.29 is 13.9 Å². The molecule has 0 unspecified atom stereocenters. The van der Waals surface area contributed by atoms with E-state index in [2.05, 4.69) is 20.8 Å². The lowest BCUT2D eigenvalue weighted by Crippen LogP contribution is -2.20. The molecule has 3 rings (SSSR count). The Hall–Kier alpha value is -3.09. The minimum absolute atomic E-state index is 0.301. The first kappa shape index (κ1) is 17.7. The van der Waals surface area contributed by atoms with E-state index in [0.717, 1.165) is 27.7 Å². The van der Waals surface area contributed by atoms with Gasteiger partial charge in [0.1, 0.15) is 5.75 Å². The van der Waals surface area contributed by atoms with Crippen molar-refractivity contribution in [2.24, 2.45) is 0 Å². The average molecular weight is 356 g/mol. The Labute approximate surface area is 150 Å². The summed E-state index contributed by atoms with van der Waals surface area (Å²) in [6.45, 7) is 3.82. The third-order valence-electron chi connectivity index (χ3n) is 3.94. The zero-order chi connectivity index (χ0) is 18.5. The third kappa shape index (κ3) is 4.11. The summed E-state index contributed by atoms with van der Waals surface area (Å²) >= 11 is 0. The van der Waals surface area contributed by atoms with Gasteiger partial charge in [-0.2, -0.15) is 5.10 Å². The fraction of sp³-hybridized carbons (Fsp3) is 0.263. The highest BCUT2D eigenvalue weighted by molar-refractivity contribution is 6.05. The van der Waals surface area contributed by atoms with Crippen LogP contribution in [0.25, 0.3) is 10.9 Å². The molecule has 0 atom stereocenters. The van der Waals surface area contributed by atoms with Crippen LogP contribution in [0.5, 0.6) is 5.75 Å². The maximum Gasteiger partial charge on any atom is 0.324 e. The second-order valence-electron chi connectivity index (χ2n) is 6.07. The Balaban J connectivity index is 1.73. The molecule has 3 N–H and O–H groups in total. The SMILES string of the molecule is Cc1ccc(NC(=O)Nc2n[nH]c3ccc(OCCCF)cc23)c(C)c1. The Morgan fingerprint density at radius 2 is 2.04 bits per heavy atom. The number of H-pyrrole nitrogens is 1. The van der Waals surface area contributed by atoms with Gasteiger partial charge in [0.2, 0.25) is 0 Å². The first-order valence-corrected chi connectivity index (χ1v) is 8.39. The molecule has 0 fully saturated rings. The zero-order valence-corrected chi connectivity index (χ0v) is 14.7. The van der Waals surface area contributed by atoms with E-state index in [9.17, 15) is 9.18 Å². The molecule has 0 saturated carbocycles. The van der Waals surface area contributed by atoms with Crippen LogP contribution in [0, 0.1) is 13.8 Å². The predicted octanol–water partition coefficient (Wildman–Crippen LogP) is 4.56. The van der Waals surface area contributed by atoms with Gasteiger partial charge < -0.3 is 10.1 Å². The van der Waals surface area contributed by atoms with Crippen LogP contribution in [0.15, 0.2) is 36.4 Å². The standard InChI is InChI=1S/C19H21FN4O2/c1-12-4-6-16(13(2)10-12)21-19(25)22-18-15-11-14(26-9-3-8-20)5-7-17(15)23-24-18/h4-7,10-11H,3,8-9H2,1-2H3,(H3,21,22,23,24,25). The summed E-state index contributed by atoms with van der Waals surface area (Å²) in [4.78, 5) is 12.3. The number of hydrogen-bond donors (Lipinski definition) is 3. The van der Waals surface area contributed by atoms with Gasteiger partial charge in [-0.05, 0) is 43.7 Å². The number of urea groups is 1. The van der Waals surface area contributed by atoms with E-state index in [0.29, 0.717) is 24.6 Å². The zero-order valence-electron chi connectivity index (χ0n) is 14.7. The molecule has 0 aliphatic rings. The summed E-state index contributed by atoms with van der Waals surface area (Å²) in [5, 5.41) is 13.3. The highest BCUT2D eigenvalue weighted by Gasteiger charge is 2.11. The van der Waals surface area contributed by atoms with Gasteiger partial charge in [-0.3, -0.25) is 14.8 Å². The number of fused-ring (bicyclic) bond motifs is 1. The van der Waals surface area contributed by atoms with Gasteiger partial charge in [0, 0.05) is 17.5 Å². The van der Waals surface area contributed by atoms with E-state index in [1.807, 2.05) is 32.0 Å². The number of carbonyl (C=O) groups excluding carboxylic acids is 1. The first-order chi connectivity index (χ1) is 12.6. The number of aryl methyl sites for hydroxylation is 2. The second-order valence-corrected chi connectivity index (χ2v) is 6.07. The number of benzene rings is 2. The van der Waals surface area contributed by atoms with E-state index in [4.69, 9.17) is 4.74 Å². The minimum Gasteiger partial charge on any atom is -0.493 e. The fourth-order valence-corrected chi connectivity index (χ4v) is 2.64. The molecule has 0 radical (unpaired) electrons. The lowest BCUT2D eigenvalue weighted by Gasteiger charge is -2.10. The van der Waals surface area contributed by atoms with Crippen LogP contribution >= 0.6 is 0 Å². The number of aromatic amines is 1. The topological polar surface area (TPSA) is 79.0 Å². The number of rotatable bonds is 6. The molecule has 0 bridgehead atoms. The summed E-state index contributed by atoms with van der Waals surface area (Å²) < 4.78 is 17.7. The summed E-state index contributed by atoms with van der Waals surface area (Å²) in [5.74, 6) is 1.00. The number of ether oxygens (including phenoxy) is 1. The van der Waals surface area contributed by atoms with Gasteiger partial charge in [-0.1, -0.05) is 17.7 Å². The van der Waals surface area contributed by atoms with Crippen LogP contribution in [0.1, 0.15) is 17.5 Å². The monoisotopic (exact) mass is 356 g/mol. The minimum atomic E-state index is -0.417. The molecule has 1 aromatic heterocycles. The molecule has 2 amide bonds. The van der Waals surface area contributed by atoms with Crippen molar-refractivity contribution in [1.29, 1.82) is 0 Å². The van der Waals surface area contributed by atoms with E-state index < -0.39 is 6.67 Å². The molecular formula is C19H21FN4O2. The molecule has 0 saturated heterocycles. The smallest absolute Gasteiger partial charge is 0.324 e. The molecule has 26 heavy (non-hydrogen) atoms. The summed E-state index contributed by atoms with van der Waals surface area (Å²) in [7, 11) is 0. The van der Waals surface area contributed by atoms with E-state index >= 15 is 0 Å². The van der Waals surface area contributed by atoms with Crippen LogP contribution in [0.2, 0.25) is 0 Å². The van der Waals surface area contributed by atoms with Gasteiger partial charge in [-0.25, -0.2) is 4.79 Å². The number of nitrogens with one attached hydrogen (secondary N) is 3. The van der Waals surface area contributed by atoms with Gasteiger partial charge in [0.25, 0.3) is 0 Å². The molecule has 7 heteroatoms. The molecule has 0 aliphatic heterocycles. The number of halogens is 1. The van der Waals surface area contributed by atoms with Gasteiger partial charge in [0.15, 0.2) is 5.82 Å². The van der Waals surface area contributed by atoms with Gasteiger partial charge in [-0.15, -0.1) is 0 Å². The van der Waals surface area contributed by atoms with Crippen molar-refractivity contribution in [3.63, 3.8) is 0 Å². The van der Waals surface area contributed by atoms with E-state index in [1.165, 1.54) is 0 Å². The number of alkyl halides is 1. The Morgan fingerprint density at radius 1 is 1.19 bits per heavy atom. The van der Waals surface area contributed by atoms with Crippen LogP contribution in [-0.4, -0.2) is 29.5 Å². The maximum atomic E-state index is 12.3. The highest BCUT2D eigenvalue weighted by atomic mass is 19.1. The number of anilines is 2. The molecule has 6 nitrogen and oxygen atoms in total. The molecule has 1 heterocycles. The first-order valence-electron chi connectivity index (χ1n) is 8.39. The number of hydrogen-bond acceptors (Lipinski definition) is 3. The van der Waals surface area contributed by atoms with Crippen molar-refractivity contribution >= 4 is 28.4 Å². The van der Waals surface area contributed by atoms with Crippen molar-refractivity contribution in [2.45, 2.75) is 20.3 Å². The molecule has 2 aromatic carbocycles.